The molecule has 1 aromatic carbocycles. The Labute approximate surface area is 94.1 Å². The summed E-state index contributed by atoms with van der Waals surface area (Å²) in [6.45, 7) is -2.99. The monoisotopic (exact) mass is 300 g/mol. The van der Waals surface area contributed by atoms with E-state index in [-0.39, 0.29) is 15.1 Å². The largest absolute Gasteiger partial charge is 0.434 e. The molecule has 1 rings (SSSR count). The summed E-state index contributed by atoms with van der Waals surface area (Å²) in [5, 5.41) is 0. The van der Waals surface area contributed by atoms with E-state index in [0.29, 0.717) is 0 Å². The van der Waals surface area contributed by atoms with Crippen LogP contribution in [-0.4, -0.2) is 21.3 Å². The van der Waals surface area contributed by atoms with Crippen molar-refractivity contribution in [3.63, 3.8) is 0 Å². The van der Waals surface area contributed by atoms with Gasteiger partial charge in [-0.05, 0) is 28.1 Å². The lowest BCUT2D eigenvalue weighted by Gasteiger charge is -2.07. The molecule has 15 heavy (non-hydrogen) atoms. The number of rotatable bonds is 3. The van der Waals surface area contributed by atoms with Gasteiger partial charge in [-0.2, -0.15) is 8.78 Å². The molecule has 3 nitrogen and oxygen atoms in total. The molecule has 0 atom stereocenters. The molecule has 0 aliphatic carbocycles. The van der Waals surface area contributed by atoms with Crippen molar-refractivity contribution in [2.45, 2.75) is 11.5 Å². The average Bonchev–Trinajstić information content (AvgIpc) is 2.06. The summed E-state index contributed by atoms with van der Waals surface area (Å²) in [5.74, 6) is -0.201. The molecule has 0 heterocycles. The van der Waals surface area contributed by atoms with Gasteiger partial charge in [-0.3, -0.25) is 0 Å². The van der Waals surface area contributed by atoms with Gasteiger partial charge in [0.1, 0.15) is 5.75 Å². The molecule has 84 valence electrons. The molecular weight excluding hydrogens is 294 g/mol. The van der Waals surface area contributed by atoms with E-state index >= 15 is 0 Å². The molecule has 0 aliphatic rings. The van der Waals surface area contributed by atoms with Crippen LogP contribution in [0.25, 0.3) is 0 Å². The van der Waals surface area contributed by atoms with Crippen LogP contribution in [0.15, 0.2) is 27.6 Å². The molecule has 0 unspecified atom stereocenters. The Kier molecular flexibility index (Phi) is 3.67. The van der Waals surface area contributed by atoms with Crippen LogP contribution in [0.3, 0.4) is 0 Å². The van der Waals surface area contributed by atoms with Crippen LogP contribution in [0.4, 0.5) is 8.78 Å². The maximum atomic E-state index is 11.9. The van der Waals surface area contributed by atoms with E-state index in [1.807, 2.05) is 0 Å². The van der Waals surface area contributed by atoms with E-state index in [0.717, 1.165) is 12.3 Å². The summed E-state index contributed by atoms with van der Waals surface area (Å²) in [6, 6.07) is 3.69. The second kappa shape index (κ2) is 4.44. The lowest BCUT2D eigenvalue weighted by Crippen LogP contribution is -2.04. The van der Waals surface area contributed by atoms with E-state index in [2.05, 4.69) is 20.7 Å². The quantitative estimate of drug-likeness (QED) is 0.861. The zero-order chi connectivity index (χ0) is 11.6. The molecule has 0 amide bonds. The zero-order valence-corrected chi connectivity index (χ0v) is 9.98. The van der Waals surface area contributed by atoms with Crippen molar-refractivity contribution in [2.75, 3.05) is 6.26 Å². The van der Waals surface area contributed by atoms with E-state index < -0.39 is 16.4 Å². The van der Waals surface area contributed by atoms with Crippen molar-refractivity contribution in [3.8, 4) is 5.75 Å². The van der Waals surface area contributed by atoms with Gasteiger partial charge in [-0.1, -0.05) is 0 Å². The summed E-state index contributed by atoms with van der Waals surface area (Å²) in [5.41, 5.74) is 0. The topological polar surface area (TPSA) is 43.4 Å². The second-order valence-electron chi connectivity index (χ2n) is 2.74. The molecule has 0 bridgehead atoms. The van der Waals surface area contributed by atoms with Crippen LogP contribution in [0.5, 0.6) is 5.75 Å². The Balaban J connectivity index is 3.17. The first-order chi connectivity index (χ1) is 6.80. The Hall–Kier alpha value is -0.690. The lowest BCUT2D eigenvalue weighted by molar-refractivity contribution is -0.0505. The maximum Gasteiger partial charge on any atom is 0.387 e. The molecule has 0 spiro atoms. The number of benzene rings is 1. The van der Waals surface area contributed by atoms with Crippen LogP contribution in [0, 0.1) is 0 Å². The third kappa shape index (κ3) is 3.42. The number of ether oxygens (including phenoxy) is 1. The van der Waals surface area contributed by atoms with Crippen molar-refractivity contribution < 1.29 is 21.9 Å². The highest BCUT2D eigenvalue weighted by molar-refractivity contribution is 9.10. The van der Waals surface area contributed by atoms with Crippen molar-refractivity contribution >= 4 is 25.8 Å². The lowest BCUT2D eigenvalue weighted by atomic mass is 10.3. The zero-order valence-electron chi connectivity index (χ0n) is 7.58. The predicted octanol–water partition coefficient (Wildman–Crippen LogP) is 2.45. The summed E-state index contributed by atoms with van der Waals surface area (Å²) < 4.78 is 50.5. The Bertz CT molecular complexity index is 459. The van der Waals surface area contributed by atoms with Gasteiger partial charge in [-0.15, -0.1) is 0 Å². The van der Waals surface area contributed by atoms with E-state index in [1.54, 1.807) is 0 Å². The smallest absolute Gasteiger partial charge is 0.387 e. The van der Waals surface area contributed by atoms with Gasteiger partial charge >= 0.3 is 6.61 Å². The van der Waals surface area contributed by atoms with Gasteiger partial charge in [-0.25, -0.2) is 8.42 Å². The third-order valence-corrected chi connectivity index (χ3v) is 3.31. The fourth-order valence-electron chi connectivity index (χ4n) is 0.901. The molecule has 7 heteroatoms. The van der Waals surface area contributed by atoms with E-state index in [4.69, 9.17) is 0 Å². The summed E-state index contributed by atoms with van der Waals surface area (Å²) >= 11 is 2.97. The van der Waals surface area contributed by atoms with Crippen LogP contribution >= 0.6 is 15.9 Å². The van der Waals surface area contributed by atoms with Crippen LogP contribution in [0.2, 0.25) is 0 Å². The molecule has 0 saturated carbocycles. The van der Waals surface area contributed by atoms with Crippen molar-refractivity contribution in [2.24, 2.45) is 0 Å². The minimum absolute atomic E-state index is 0.0682. The standard InChI is InChI=1S/C8H7BrF2O3S/c1-15(12,13)5-2-3-6(9)7(4-5)14-8(10)11/h2-4,8H,1H3. The molecular formula is C8H7BrF2O3S. The Morgan fingerprint density at radius 2 is 2.00 bits per heavy atom. The van der Waals surface area contributed by atoms with E-state index in [9.17, 15) is 17.2 Å². The minimum Gasteiger partial charge on any atom is -0.434 e. The number of sulfone groups is 1. The van der Waals surface area contributed by atoms with Crippen LogP contribution < -0.4 is 4.74 Å². The predicted molar refractivity (Wildman–Crippen MR) is 53.9 cm³/mol. The highest BCUT2D eigenvalue weighted by Crippen LogP contribution is 2.29. The number of hydrogen-bond acceptors (Lipinski definition) is 3. The second-order valence-corrected chi connectivity index (χ2v) is 5.61. The number of hydrogen-bond donors (Lipinski definition) is 0. The third-order valence-electron chi connectivity index (χ3n) is 1.55. The molecule has 0 radical (unpaired) electrons. The molecule has 0 aromatic heterocycles. The van der Waals surface area contributed by atoms with Gasteiger partial charge in [0.15, 0.2) is 9.84 Å². The Morgan fingerprint density at radius 3 is 2.47 bits per heavy atom. The average molecular weight is 301 g/mol. The van der Waals surface area contributed by atoms with Crippen molar-refractivity contribution in [1.82, 2.24) is 0 Å². The molecule has 0 aliphatic heterocycles. The van der Waals surface area contributed by atoms with Gasteiger partial charge in [0.05, 0.1) is 9.37 Å². The minimum atomic E-state index is -3.42. The summed E-state index contributed by atoms with van der Waals surface area (Å²) in [4.78, 5) is -0.0682. The van der Waals surface area contributed by atoms with Crippen LogP contribution in [-0.2, 0) is 9.84 Å². The number of halogens is 3. The Morgan fingerprint density at radius 1 is 1.40 bits per heavy atom. The summed E-state index contributed by atoms with van der Waals surface area (Å²) in [7, 11) is -3.42. The van der Waals surface area contributed by atoms with Gasteiger partial charge in [0, 0.05) is 12.3 Å². The molecule has 0 fully saturated rings. The first-order valence-corrected chi connectivity index (χ1v) is 6.43. The highest BCUT2D eigenvalue weighted by atomic mass is 79.9. The molecule has 0 N–H and O–H groups in total. The fourth-order valence-corrected chi connectivity index (χ4v) is 1.88. The summed E-state index contributed by atoms with van der Waals surface area (Å²) in [6.07, 6.45) is 0.988. The highest BCUT2D eigenvalue weighted by Gasteiger charge is 2.13. The van der Waals surface area contributed by atoms with Gasteiger partial charge < -0.3 is 4.74 Å². The van der Waals surface area contributed by atoms with Crippen molar-refractivity contribution in [1.29, 1.82) is 0 Å². The first kappa shape index (κ1) is 12.4. The van der Waals surface area contributed by atoms with Gasteiger partial charge in [0.25, 0.3) is 0 Å². The first-order valence-electron chi connectivity index (χ1n) is 3.75. The molecule has 1 aromatic rings. The maximum absolute atomic E-state index is 11.9. The fraction of sp³-hybridized carbons (Fsp3) is 0.250. The SMILES string of the molecule is CS(=O)(=O)c1ccc(Br)c(OC(F)F)c1. The number of alkyl halides is 2. The van der Waals surface area contributed by atoms with Crippen molar-refractivity contribution in [3.05, 3.63) is 22.7 Å². The van der Waals surface area contributed by atoms with Gasteiger partial charge in [0.2, 0.25) is 0 Å². The molecule has 0 saturated heterocycles. The van der Waals surface area contributed by atoms with Crippen LogP contribution in [0.1, 0.15) is 0 Å². The normalized spacial score (nSPS) is 11.8. The van der Waals surface area contributed by atoms with E-state index in [1.165, 1.54) is 12.1 Å².